The zero-order chi connectivity index (χ0) is 26.5. The first-order valence-corrected chi connectivity index (χ1v) is 11.8. The minimum atomic E-state index is -2.48. The largest absolute Gasteiger partial charge is 0.395 e. The van der Waals surface area contributed by atoms with Gasteiger partial charge in [0, 0.05) is 12.1 Å². The predicted molar refractivity (Wildman–Crippen MR) is 115 cm³/mol. The summed E-state index contributed by atoms with van der Waals surface area (Å²) in [4.78, 5) is 0. The Bertz CT molecular complexity index is 756. The number of nitrogens with two attached hydrogens (primary N) is 2. The molecular weight excluding hydrogens is 490 g/mol. The molecule has 13 N–H and O–H groups in total. The molecule has 0 aromatic carbocycles. The van der Waals surface area contributed by atoms with E-state index in [0.29, 0.717) is 0 Å². The average Bonchev–Trinajstić information content (AvgIpc) is 3.27. The number of aliphatic hydroxyl groups is 8. The summed E-state index contributed by atoms with van der Waals surface area (Å²) in [6.45, 7) is -1.33. The molecular formula is C20H37N3O13. The van der Waals surface area contributed by atoms with E-state index in [1.165, 1.54) is 0 Å². The van der Waals surface area contributed by atoms with Crippen molar-refractivity contribution in [2.24, 2.45) is 11.5 Å². The number of hydrogen-bond acceptors (Lipinski definition) is 16. The van der Waals surface area contributed by atoms with Crippen molar-refractivity contribution in [3.8, 4) is 0 Å². The van der Waals surface area contributed by atoms with Gasteiger partial charge < -0.3 is 81.3 Å². The fourth-order valence-corrected chi connectivity index (χ4v) is 5.23. The molecule has 1 spiro atoms. The molecule has 0 aromatic rings. The highest BCUT2D eigenvalue weighted by molar-refractivity contribution is 5.05. The van der Waals surface area contributed by atoms with E-state index < -0.39 is 111 Å². The van der Waals surface area contributed by atoms with Crippen LogP contribution in [0.15, 0.2) is 0 Å². The van der Waals surface area contributed by atoms with Crippen LogP contribution in [0.1, 0.15) is 6.42 Å². The monoisotopic (exact) mass is 527 g/mol. The summed E-state index contributed by atoms with van der Waals surface area (Å²) in [5.74, 6) is -2.48. The van der Waals surface area contributed by atoms with Gasteiger partial charge in [0.2, 0.25) is 0 Å². The molecule has 4 aliphatic rings. The van der Waals surface area contributed by atoms with E-state index in [0.717, 1.165) is 0 Å². The van der Waals surface area contributed by atoms with Crippen LogP contribution in [-0.2, 0) is 23.7 Å². The van der Waals surface area contributed by atoms with Crippen LogP contribution in [0.2, 0.25) is 0 Å². The lowest BCUT2D eigenvalue weighted by Gasteiger charge is -2.46. The molecule has 3 heterocycles. The first kappa shape index (κ1) is 28.4. The summed E-state index contributed by atoms with van der Waals surface area (Å²) < 4.78 is 28.7. The Balaban J connectivity index is 1.62. The molecule has 16 heteroatoms. The quantitative estimate of drug-likeness (QED) is 0.153. The second-order valence-electron chi connectivity index (χ2n) is 9.72. The molecule has 36 heavy (non-hydrogen) atoms. The number of hydrogen-bond donors (Lipinski definition) is 11. The van der Waals surface area contributed by atoms with Crippen molar-refractivity contribution in [2.45, 2.75) is 104 Å². The Hall–Kier alpha value is -0.640. The van der Waals surface area contributed by atoms with E-state index in [1.54, 1.807) is 7.05 Å². The van der Waals surface area contributed by atoms with E-state index in [4.69, 9.17) is 35.2 Å². The smallest absolute Gasteiger partial charge is 0.314 e. The summed E-state index contributed by atoms with van der Waals surface area (Å²) in [5.41, 5.74) is 11.8. The van der Waals surface area contributed by atoms with Crippen molar-refractivity contribution in [3.05, 3.63) is 0 Å². The normalized spacial score (nSPS) is 54.4. The Morgan fingerprint density at radius 2 is 1.61 bits per heavy atom. The van der Waals surface area contributed by atoms with Crippen LogP contribution in [0, 0.1) is 0 Å². The topological polar surface area (TPSA) is 272 Å². The predicted octanol–water partition coefficient (Wildman–Crippen LogP) is -7.27. The van der Waals surface area contributed by atoms with E-state index in [2.05, 4.69) is 5.32 Å². The number of likely N-dealkylation sites (N-methyl/N-ethyl adjacent to an activating group) is 1. The summed E-state index contributed by atoms with van der Waals surface area (Å²) >= 11 is 0. The fourth-order valence-electron chi connectivity index (χ4n) is 5.23. The molecule has 0 radical (unpaired) electrons. The first-order chi connectivity index (χ1) is 17.0. The van der Waals surface area contributed by atoms with Gasteiger partial charge in [-0.15, -0.1) is 0 Å². The van der Waals surface area contributed by atoms with Gasteiger partial charge in [0.1, 0.15) is 48.8 Å². The van der Waals surface area contributed by atoms with Gasteiger partial charge in [0.25, 0.3) is 0 Å². The summed E-state index contributed by atoms with van der Waals surface area (Å²) in [7, 11) is 1.60. The number of ether oxygens (including phenoxy) is 5. The van der Waals surface area contributed by atoms with E-state index in [9.17, 15) is 40.9 Å². The maximum atomic E-state index is 10.7. The molecule has 0 aromatic heterocycles. The molecule has 16 nitrogen and oxygen atoms in total. The SMILES string of the molecule is CN[C@@H]1C[C@H](N)[C@H](O)[C@@H](O[C@H]2O[C@H](CO)[C@@H](O)[C@H]3O[C@]4(O[C@@H]([C@@H](N)CO)[C@@H](O)[C@@H](O)[C@H]4O)O[C@@H]23)[C@H]1O. The van der Waals surface area contributed by atoms with Gasteiger partial charge >= 0.3 is 5.97 Å². The fraction of sp³-hybridized carbons (Fsp3) is 1.00. The molecule has 210 valence electrons. The lowest BCUT2D eigenvalue weighted by Crippen LogP contribution is -2.69. The molecule has 4 rings (SSSR count). The van der Waals surface area contributed by atoms with Gasteiger partial charge in [-0.3, -0.25) is 0 Å². The number of fused-ring (bicyclic) bond motifs is 1. The molecule has 4 fully saturated rings. The first-order valence-electron chi connectivity index (χ1n) is 11.8. The zero-order valence-corrected chi connectivity index (χ0v) is 19.6. The standard InChI is InChI=1S/C20H37N3O13/c1-23-7-2-5(21)9(26)15(10(7)27)33-19-17-16(11(28)8(4-25)32-19)35-20(36-17)18(31)13(30)12(29)14(34-20)6(22)3-24/h5-19,23-31H,2-4,21-22H2,1H3/t5-,6-,7+,8+,9-,10-,11+,12-,13+,14-,15+,16+,17+,18+,19+,20-/m0/s1. The molecule has 1 saturated carbocycles. The molecule has 0 amide bonds. The minimum Gasteiger partial charge on any atom is -0.395 e. The number of nitrogens with one attached hydrogen (secondary N) is 1. The van der Waals surface area contributed by atoms with Crippen molar-refractivity contribution in [1.82, 2.24) is 5.32 Å². The maximum absolute atomic E-state index is 10.7. The molecule has 3 aliphatic heterocycles. The summed E-state index contributed by atoms with van der Waals surface area (Å²) in [6, 6.07) is -2.50. The van der Waals surface area contributed by atoms with Crippen LogP contribution in [0.4, 0.5) is 0 Å². The van der Waals surface area contributed by atoms with Crippen molar-refractivity contribution in [2.75, 3.05) is 20.3 Å². The molecule has 3 saturated heterocycles. The second kappa shape index (κ2) is 10.9. The Morgan fingerprint density at radius 3 is 2.22 bits per heavy atom. The van der Waals surface area contributed by atoms with Gasteiger partial charge in [0.05, 0.1) is 31.5 Å². The maximum Gasteiger partial charge on any atom is 0.314 e. The van der Waals surface area contributed by atoms with Crippen LogP contribution in [-0.4, -0.2) is 159 Å². The van der Waals surface area contributed by atoms with E-state index in [-0.39, 0.29) is 6.42 Å². The average molecular weight is 528 g/mol. The molecule has 16 atom stereocenters. The Morgan fingerprint density at radius 1 is 0.944 bits per heavy atom. The van der Waals surface area contributed by atoms with Gasteiger partial charge in [-0.1, -0.05) is 0 Å². The highest BCUT2D eigenvalue weighted by Gasteiger charge is 2.67. The van der Waals surface area contributed by atoms with Crippen molar-refractivity contribution in [3.63, 3.8) is 0 Å². The van der Waals surface area contributed by atoms with E-state index in [1.807, 2.05) is 0 Å². The third-order valence-corrected chi connectivity index (χ3v) is 7.42. The third-order valence-electron chi connectivity index (χ3n) is 7.42. The lowest BCUT2D eigenvalue weighted by molar-refractivity contribution is -0.439. The molecule has 1 aliphatic carbocycles. The Labute approximate surface area is 206 Å². The lowest BCUT2D eigenvalue weighted by atomic mass is 9.84. The van der Waals surface area contributed by atoms with Gasteiger partial charge in [-0.05, 0) is 13.5 Å². The van der Waals surface area contributed by atoms with Gasteiger partial charge in [-0.2, -0.15) is 0 Å². The van der Waals surface area contributed by atoms with Crippen LogP contribution in [0.5, 0.6) is 0 Å². The highest BCUT2D eigenvalue weighted by Crippen LogP contribution is 2.45. The third kappa shape index (κ3) is 4.68. The van der Waals surface area contributed by atoms with Gasteiger partial charge in [0.15, 0.2) is 12.4 Å². The van der Waals surface area contributed by atoms with Gasteiger partial charge in [-0.25, -0.2) is 0 Å². The van der Waals surface area contributed by atoms with Crippen LogP contribution >= 0.6 is 0 Å². The minimum absolute atomic E-state index is 0.254. The van der Waals surface area contributed by atoms with E-state index >= 15 is 0 Å². The van der Waals surface area contributed by atoms with Crippen molar-refractivity contribution >= 4 is 0 Å². The number of aliphatic hydroxyl groups excluding tert-OH is 8. The van der Waals surface area contributed by atoms with Crippen molar-refractivity contribution in [1.29, 1.82) is 0 Å². The van der Waals surface area contributed by atoms with Crippen LogP contribution < -0.4 is 16.8 Å². The summed E-state index contributed by atoms with van der Waals surface area (Å²) in [6.07, 6.45) is -17.7. The second-order valence-corrected chi connectivity index (χ2v) is 9.72. The molecule has 0 unspecified atom stereocenters. The van der Waals surface area contributed by atoms with Crippen LogP contribution in [0.25, 0.3) is 0 Å². The van der Waals surface area contributed by atoms with Crippen molar-refractivity contribution < 1.29 is 64.5 Å². The summed E-state index contributed by atoms with van der Waals surface area (Å²) in [5, 5.41) is 85.6. The number of rotatable bonds is 6. The highest BCUT2D eigenvalue weighted by atomic mass is 16.9. The Kier molecular flexibility index (Phi) is 8.55. The molecule has 0 bridgehead atoms. The zero-order valence-electron chi connectivity index (χ0n) is 19.6. The van der Waals surface area contributed by atoms with Crippen LogP contribution in [0.3, 0.4) is 0 Å².